The first kappa shape index (κ1) is 20.5. The highest BCUT2D eigenvalue weighted by atomic mass is 16.6. The molecule has 8 heteroatoms. The van der Waals surface area contributed by atoms with Crippen LogP contribution < -0.4 is 16.4 Å². The minimum Gasteiger partial charge on any atom is -0.444 e. The number of ether oxygens (including phenoxy) is 1. The highest BCUT2D eigenvalue weighted by Crippen LogP contribution is 2.12. The molecule has 1 aliphatic heterocycles. The fraction of sp³-hybridized carbons (Fsp3) is 0.526. The normalized spacial score (nSPS) is 17.6. The molecule has 4 N–H and O–H groups in total. The van der Waals surface area contributed by atoms with Gasteiger partial charge in [0.2, 0.25) is 5.91 Å². The molecule has 2 amide bonds. The van der Waals surface area contributed by atoms with Crippen LogP contribution in [0.3, 0.4) is 0 Å². The van der Waals surface area contributed by atoms with Gasteiger partial charge in [-0.2, -0.15) is 0 Å². The van der Waals surface area contributed by atoms with Crippen molar-refractivity contribution in [3.05, 3.63) is 35.4 Å². The molecule has 0 aliphatic carbocycles. The van der Waals surface area contributed by atoms with Gasteiger partial charge in [0.25, 0.3) is 0 Å². The van der Waals surface area contributed by atoms with E-state index in [1.807, 2.05) is 26.8 Å². The molecule has 1 aliphatic rings. The molecule has 8 nitrogen and oxygen atoms in total. The number of benzene rings is 1. The van der Waals surface area contributed by atoms with Gasteiger partial charge in [0.1, 0.15) is 5.60 Å². The summed E-state index contributed by atoms with van der Waals surface area (Å²) in [4.78, 5) is 29.6. The Hall–Kier alpha value is -2.77. The van der Waals surface area contributed by atoms with Crippen molar-refractivity contribution in [2.24, 2.45) is 10.7 Å². The third kappa shape index (κ3) is 6.47. The van der Waals surface area contributed by atoms with Crippen molar-refractivity contribution >= 4 is 18.0 Å². The van der Waals surface area contributed by atoms with Gasteiger partial charge in [-0.15, -0.1) is 0 Å². The van der Waals surface area contributed by atoms with E-state index in [9.17, 15) is 9.59 Å². The van der Waals surface area contributed by atoms with Gasteiger partial charge in [-0.05, 0) is 44.9 Å². The van der Waals surface area contributed by atoms with Crippen molar-refractivity contribution in [1.29, 1.82) is 0 Å². The van der Waals surface area contributed by atoms with Crippen molar-refractivity contribution < 1.29 is 14.3 Å². The molecule has 148 valence electrons. The first-order valence-corrected chi connectivity index (χ1v) is 9.02. The highest BCUT2D eigenvalue weighted by Gasteiger charge is 2.27. The van der Waals surface area contributed by atoms with Gasteiger partial charge in [-0.3, -0.25) is 9.79 Å². The van der Waals surface area contributed by atoms with Gasteiger partial charge in [0.05, 0.1) is 6.04 Å². The number of nitrogens with one attached hydrogen (secondary N) is 2. The first-order valence-electron chi connectivity index (χ1n) is 9.02. The number of aliphatic imine (C=N–C) groups is 1. The number of nitrogens with zero attached hydrogens (tertiary/aromatic N) is 2. The smallest absolute Gasteiger partial charge is 0.407 e. The number of amides is 2. The number of carbonyl (C=O) groups excluding carboxylic acids is 2. The molecule has 1 heterocycles. The van der Waals surface area contributed by atoms with Crippen molar-refractivity contribution in [2.45, 2.75) is 45.4 Å². The van der Waals surface area contributed by atoms with Crippen LogP contribution in [0.15, 0.2) is 29.3 Å². The van der Waals surface area contributed by atoms with Crippen LogP contribution in [0.1, 0.15) is 43.1 Å². The van der Waals surface area contributed by atoms with Gasteiger partial charge in [0.15, 0.2) is 5.96 Å². The van der Waals surface area contributed by atoms with E-state index in [2.05, 4.69) is 20.5 Å². The SMILES string of the molecule is CN=C(NCc1cccc(C(N)=O)c1)N1CCC(NC(=O)OC(C)(C)C)C1. The van der Waals surface area contributed by atoms with E-state index < -0.39 is 17.6 Å². The van der Waals surface area contributed by atoms with E-state index in [1.54, 1.807) is 25.2 Å². The second-order valence-corrected chi connectivity index (χ2v) is 7.54. The molecule has 1 fully saturated rings. The summed E-state index contributed by atoms with van der Waals surface area (Å²) < 4.78 is 5.31. The van der Waals surface area contributed by atoms with Crippen LogP contribution >= 0.6 is 0 Å². The summed E-state index contributed by atoms with van der Waals surface area (Å²) in [7, 11) is 1.72. The third-order valence-electron chi connectivity index (χ3n) is 4.08. The molecule has 0 bridgehead atoms. The molecule has 1 aromatic carbocycles. The zero-order chi connectivity index (χ0) is 20.0. The van der Waals surface area contributed by atoms with Gasteiger partial charge in [-0.25, -0.2) is 4.79 Å². The number of alkyl carbamates (subject to hydrolysis) is 1. The number of nitrogens with two attached hydrogens (primary N) is 1. The fourth-order valence-electron chi connectivity index (χ4n) is 2.89. The lowest BCUT2D eigenvalue weighted by Gasteiger charge is -2.23. The van der Waals surface area contributed by atoms with Gasteiger partial charge in [-0.1, -0.05) is 12.1 Å². The predicted molar refractivity (Wildman–Crippen MR) is 105 cm³/mol. The highest BCUT2D eigenvalue weighted by molar-refractivity contribution is 5.92. The monoisotopic (exact) mass is 375 g/mol. The van der Waals surface area contributed by atoms with E-state index in [0.717, 1.165) is 24.5 Å². The number of carbonyl (C=O) groups is 2. The average Bonchev–Trinajstić information content (AvgIpc) is 3.02. The Kier molecular flexibility index (Phi) is 6.65. The van der Waals surface area contributed by atoms with E-state index in [4.69, 9.17) is 10.5 Å². The van der Waals surface area contributed by atoms with E-state index >= 15 is 0 Å². The fourth-order valence-corrected chi connectivity index (χ4v) is 2.89. The van der Waals surface area contributed by atoms with Crippen LogP contribution in [0, 0.1) is 0 Å². The summed E-state index contributed by atoms with van der Waals surface area (Å²) in [5, 5.41) is 6.19. The quantitative estimate of drug-likeness (QED) is 0.545. The first-order chi connectivity index (χ1) is 12.7. The van der Waals surface area contributed by atoms with Crippen molar-refractivity contribution in [3.63, 3.8) is 0 Å². The maximum absolute atomic E-state index is 11.9. The Balaban J connectivity index is 1.87. The molecular formula is C19H29N5O3. The van der Waals surface area contributed by atoms with Gasteiger partial charge >= 0.3 is 6.09 Å². The van der Waals surface area contributed by atoms with Crippen molar-refractivity contribution in [2.75, 3.05) is 20.1 Å². The number of primary amides is 1. The Morgan fingerprint density at radius 2 is 2.11 bits per heavy atom. The summed E-state index contributed by atoms with van der Waals surface area (Å²) in [6, 6.07) is 7.18. The molecule has 27 heavy (non-hydrogen) atoms. The van der Waals surface area contributed by atoms with Gasteiger partial charge < -0.3 is 26.0 Å². The third-order valence-corrected chi connectivity index (χ3v) is 4.08. The minimum atomic E-state index is -0.514. The number of rotatable bonds is 4. The molecule has 0 saturated carbocycles. The number of hydrogen-bond acceptors (Lipinski definition) is 4. The topological polar surface area (TPSA) is 109 Å². The summed E-state index contributed by atoms with van der Waals surface area (Å²) in [5.41, 5.74) is 6.23. The minimum absolute atomic E-state index is 0.0107. The Labute approximate surface area is 160 Å². The van der Waals surface area contributed by atoms with Crippen LogP contribution in [0.4, 0.5) is 4.79 Å². The zero-order valence-electron chi connectivity index (χ0n) is 16.4. The Morgan fingerprint density at radius 3 is 2.74 bits per heavy atom. The lowest BCUT2D eigenvalue weighted by Crippen LogP contribution is -2.44. The molecule has 1 atom stereocenters. The van der Waals surface area contributed by atoms with E-state index in [0.29, 0.717) is 18.7 Å². The predicted octanol–water partition coefficient (Wildman–Crippen LogP) is 1.46. The molecule has 1 saturated heterocycles. The summed E-state index contributed by atoms with van der Waals surface area (Å²) >= 11 is 0. The van der Waals surface area contributed by atoms with Crippen molar-refractivity contribution in [1.82, 2.24) is 15.5 Å². The second kappa shape index (κ2) is 8.75. The van der Waals surface area contributed by atoms with E-state index in [1.165, 1.54) is 0 Å². The Bertz CT molecular complexity index is 712. The van der Waals surface area contributed by atoms with Crippen molar-refractivity contribution in [3.8, 4) is 0 Å². The maximum Gasteiger partial charge on any atom is 0.407 e. The molecule has 2 rings (SSSR count). The average molecular weight is 375 g/mol. The molecule has 1 aromatic rings. The van der Waals surface area contributed by atoms with Crippen LogP contribution in [-0.4, -0.2) is 54.6 Å². The van der Waals surface area contributed by atoms with Crippen LogP contribution in [0.2, 0.25) is 0 Å². The summed E-state index contributed by atoms with van der Waals surface area (Å²) in [6.45, 7) is 7.47. The number of hydrogen-bond donors (Lipinski definition) is 3. The maximum atomic E-state index is 11.9. The number of likely N-dealkylation sites (tertiary alicyclic amines) is 1. The molecule has 0 radical (unpaired) electrons. The Morgan fingerprint density at radius 1 is 1.37 bits per heavy atom. The summed E-state index contributed by atoms with van der Waals surface area (Å²) in [5.74, 6) is 0.296. The molecule has 1 unspecified atom stereocenters. The standard InChI is InChI=1S/C19H29N5O3/c1-19(2,3)27-18(26)23-15-8-9-24(12-15)17(21-4)22-11-13-6-5-7-14(10-13)16(20)25/h5-7,10,15H,8-9,11-12H2,1-4H3,(H2,20,25)(H,21,22)(H,23,26). The number of guanidine groups is 1. The van der Waals surface area contributed by atoms with Crippen LogP contribution in [0.5, 0.6) is 0 Å². The lowest BCUT2D eigenvalue weighted by molar-refractivity contribution is 0.0507. The second-order valence-electron chi connectivity index (χ2n) is 7.54. The van der Waals surface area contributed by atoms with Gasteiger partial charge in [0, 0.05) is 32.2 Å². The van der Waals surface area contributed by atoms with E-state index in [-0.39, 0.29) is 6.04 Å². The van der Waals surface area contributed by atoms with Crippen LogP contribution in [-0.2, 0) is 11.3 Å². The molecular weight excluding hydrogens is 346 g/mol. The largest absolute Gasteiger partial charge is 0.444 e. The zero-order valence-corrected chi connectivity index (χ0v) is 16.4. The summed E-state index contributed by atoms with van der Waals surface area (Å²) in [6.07, 6.45) is 0.414. The lowest BCUT2D eigenvalue weighted by atomic mass is 10.1. The molecule has 0 spiro atoms. The van der Waals surface area contributed by atoms with Crippen LogP contribution in [0.25, 0.3) is 0 Å². The molecule has 0 aromatic heterocycles.